The van der Waals surface area contributed by atoms with E-state index in [1.807, 2.05) is 12.1 Å². The largest absolute Gasteiger partial charge is 0.469 e. The first-order valence-corrected chi connectivity index (χ1v) is 7.28. The lowest BCUT2D eigenvalue weighted by Gasteiger charge is -2.16. The number of anilines is 1. The average Bonchev–Trinajstić information content (AvgIpc) is 2.84. The molecule has 1 heterocycles. The zero-order chi connectivity index (χ0) is 13.0. The van der Waals surface area contributed by atoms with Crippen LogP contribution in [0.3, 0.4) is 0 Å². The minimum atomic E-state index is 0.437. The van der Waals surface area contributed by atoms with E-state index >= 15 is 0 Å². The zero-order valence-electron chi connectivity index (χ0n) is 10.7. The number of benzene rings is 1. The van der Waals surface area contributed by atoms with Crippen molar-refractivity contribution < 1.29 is 4.42 Å². The normalized spacial score (nSPS) is 12.4. The SMILES string of the molecule is Cc1ccc(I)cc1NC(C)CCc1ccco1. The Morgan fingerprint density at radius 1 is 1.33 bits per heavy atom. The highest BCUT2D eigenvalue weighted by Crippen LogP contribution is 2.20. The Morgan fingerprint density at radius 2 is 2.17 bits per heavy atom. The molecule has 1 aromatic heterocycles. The fraction of sp³-hybridized carbons (Fsp3) is 0.333. The minimum absolute atomic E-state index is 0.437. The van der Waals surface area contributed by atoms with Gasteiger partial charge in [-0.1, -0.05) is 6.07 Å². The minimum Gasteiger partial charge on any atom is -0.469 e. The highest BCUT2D eigenvalue weighted by molar-refractivity contribution is 14.1. The molecule has 0 bridgehead atoms. The van der Waals surface area contributed by atoms with Gasteiger partial charge in [0, 0.05) is 21.7 Å². The zero-order valence-corrected chi connectivity index (χ0v) is 12.9. The molecular formula is C15H18INO. The molecule has 96 valence electrons. The summed E-state index contributed by atoms with van der Waals surface area (Å²) in [6.45, 7) is 4.35. The second-order valence-electron chi connectivity index (χ2n) is 4.62. The van der Waals surface area contributed by atoms with Crippen LogP contribution in [0.25, 0.3) is 0 Å². The lowest BCUT2D eigenvalue weighted by molar-refractivity contribution is 0.495. The van der Waals surface area contributed by atoms with Crippen molar-refractivity contribution in [2.75, 3.05) is 5.32 Å². The maximum Gasteiger partial charge on any atom is 0.103 e. The monoisotopic (exact) mass is 355 g/mol. The van der Waals surface area contributed by atoms with Gasteiger partial charge in [-0.3, -0.25) is 0 Å². The summed E-state index contributed by atoms with van der Waals surface area (Å²) in [6.07, 6.45) is 3.78. The summed E-state index contributed by atoms with van der Waals surface area (Å²) in [4.78, 5) is 0. The van der Waals surface area contributed by atoms with Crippen molar-refractivity contribution in [3.05, 3.63) is 51.5 Å². The second-order valence-corrected chi connectivity index (χ2v) is 5.87. The molecule has 0 saturated carbocycles. The van der Waals surface area contributed by atoms with Gasteiger partial charge in [0.2, 0.25) is 0 Å². The van der Waals surface area contributed by atoms with Gasteiger partial charge < -0.3 is 9.73 Å². The molecule has 1 unspecified atom stereocenters. The van der Waals surface area contributed by atoms with Gasteiger partial charge in [-0.25, -0.2) is 0 Å². The summed E-state index contributed by atoms with van der Waals surface area (Å²) in [6, 6.07) is 10.9. The molecule has 1 aromatic carbocycles. The van der Waals surface area contributed by atoms with Crippen molar-refractivity contribution in [1.29, 1.82) is 0 Å². The number of hydrogen-bond donors (Lipinski definition) is 1. The van der Waals surface area contributed by atoms with Crippen LogP contribution < -0.4 is 5.32 Å². The van der Waals surface area contributed by atoms with E-state index in [1.54, 1.807) is 6.26 Å². The maximum absolute atomic E-state index is 5.35. The molecule has 18 heavy (non-hydrogen) atoms. The van der Waals surface area contributed by atoms with Crippen LogP contribution in [-0.4, -0.2) is 6.04 Å². The number of hydrogen-bond acceptors (Lipinski definition) is 2. The van der Waals surface area contributed by atoms with Gasteiger partial charge in [-0.15, -0.1) is 0 Å². The van der Waals surface area contributed by atoms with Gasteiger partial charge in [0.15, 0.2) is 0 Å². The van der Waals surface area contributed by atoms with Crippen molar-refractivity contribution >= 4 is 28.3 Å². The Bertz CT molecular complexity index is 493. The summed E-state index contributed by atoms with van der Waals surface area (Å²) in [7, 11) is 0. The van der Waals surface area contributed by atoms with E-state index in [-0.39, 0.29) is 0 Å². The molecule has 1 N–H and O–H groups in total. The molecule has 2 nitrogen and oxygen atoms in total. The first-order valence-electron chi connectivity index (χ1n) is 6.20. The summed E-state index contributed by atoms with van der Waals surface area (Å²) < 4.78 is 6.61. The summed E-state index contributed by atoms with van der Waals surface area (Å²) in [5.74, 6) is 1.06. The molecular weight excluding hydrogens is 337 g/mol. The van der Waals surface area contributed by atoms with Gasteiger partial charge in [-0.05, 0) is 72.7 Å². The quantitative estimate of drug-likeness (QED) is 0.792. The molecule has 0 radical (unpaired) electrons. The Labute approximate surface area is 122 Å². The van der Waals surface area contributed by atoms with E-state index in [2.05, 4.69) is 60.0 Å². The predicted molar refractivity (Wildman–Crippen MR) is 84.0 cm³/mol. The van der Waals surface area contributed by atoms with Crippen molar-refractivity contribution in [2.24, 2.45) is 0 Å². The number of nitrogens with one attached hydrogen (secondary N) is 1. The maximum atomic E-state index is 5.35. The van der Waals surface area contributed by atoms with Crippen LogP contribution in [0.4, 0.5) is 5.69 Å². The van der Waals surface area contributed by atoms with Crippen molar-refractivity contribution in [2.45, 2.75) is 32.7 Å². The smallest absolute Gasteiger partial charge is 0.103 e. The van der Waals surface area contributed by atoms with Crippen LogP contribution >= 0.6 is 22.6 Å². The highest BCUT2D eigenvalue weighted by Gasteiger charge is 2.06. The van der Waals surface area contributed by atoms with E-state index < -0.39 is 0 Å². The van der Waals surface area contributed by atoms with Gasteiger partial charge >= 0.3 is 0 Å². The lowest BCUT2D eigenvalue weighted by atomic mass is 10.1. The molecule has 0 fully saturated rings. The number of aryl methyl sites for hydroxylation is 2. The fourth-order valence-electron chi connectivity index (χ4n) is 1.90. The van der Waals surface area contributed by atoms with Gasteiger partial charge in [0.1, 0.15) is 5.76 Å². The molecule has 0 aliphatic heterocycles. The molecule has 0 amide bonds. The van der Waals surface area contributed by atoms with Crippen LogP contribution in [0.1, 0.15) is 24.7 Å². The summed E-state index contributed by atoms with van der Waals surface area (Å²) in [5.41, 5.74) is 2.52. The third kappa shape index (κ3) is 3.77. The van der Waals surface area contributed by atoms with Crippen molar-refractivity contribution in [3.63, 3.8) is 0 Å². The Hall–Kier alpha value is -0.970. The van der Waals surface area contributed by atoms with Crippen LogP contribution in [0, 0.1) is 10.5 Å². The molecule has 0 spiro atoms. The molecule has 2 aromatic rings. The Kier molecular flexibility index (Phi) is 4.69. The third-order valence-electron chi connectivity index (χ3n) is 3.01. The molecule has 2 rings (SSSR count). The highest BCUT2D eigenvalue weighted by atomic mass is 127. The van der Waals surface area contributed by atoms with Gasteiger partial charge in [0.25, 0.3) is 0 Å². The van der Waals surface area contributed by atoms with Crippen molar-refractivity contribution in [1.82, 2.24) is 0 Å². The third-order valence-corrected chi connectivity index (χ3v) is 3.68. The molecule has 0 saturated heterocycles. The summed E-state index contributed by atoms with van der Waals surface area (Å²) >= 11 is 2.34. The van der Waals surface area contributed by atoms with E-state index in [1.165, 1.54) is 14.8 Å². The number of rotatable bonds is 5. The standard InChI is InChI=1S/C15H18INO/c1-11-5-7-13(16)10-15(11)17-12(2)6-8-14-4-3-9-18-14/h3-5,7,9-10,12,17H,6,8H2,1-2H3. The first kappa shape index (κ1) is 13.5. The van der Waals surface area contributed by atoms with Crippen molar-refractivity contribution in [3.8, 4) is 0 Å². The fourth-order valence-corrected chi connectivity index (χ4v) is 2.39. The topological polar surface area (TPSA) is 25.2 Å². The van der Waals surface area contributed by atoms with Crippen LogP contribution in [0.2, 0.25) is 0 Å². The van der Waals surface area contributed by atoms with Crippen LogP contribution in [0.5, 0.6) is 0 Å². The molecule has 1 atom stereocenters. The van der Waals surface area contributed by atoms with E-state index in [0.717, 1.165) is 18.6 Å². The Morgan fingerprint density at radius 3 is 2.89 bits per heavy atom. The van der Waals surface area contributed by atoms with E-state index in [0.29, 0.717) is 6.04 Å². The van der Waals surface area contributed by atoms with E-state index in [4.69, 9.17) is 4.42 Å². The first-order chi connectivity index (χ1) is 8.65. The number of furan rings is 1. The molecule has 3 heteroatoms. The average molecular weight is 355 g/mol. The van der Waals surface area contributed by atoms with E-state index in [9.17, 15) is 0 Å². The number of halogens is 1. The van der Waals surface area contributed by atoms with Crippen LogP contribution in [-0.2, 0) is 6.42 Å². The van der Waals surface area contributed by atoms with Crippen LogP contribution in [0.15, 0.2) is 41.0 Å². The Balaban J connectivity index is 1.90. The molecule has 0 aliphatic rings. The molecule has 0 aliphatic carbocycles. The summed E-state index contributed by atoms with van der Waals surface area (Å²) in [5, 5.41) is 3.57. The predicted octanol–water partition coefficient (Wildman–Crippen LogP) is 4.63. The second kappa shape index (κ2) is 6.27. The lowest BCUT2D eigenvalue weighted by Crippen LogP contribution is -2.16. The van der Waals surface area contributed by atoms with Gasteiger partial charge in [0.05, 0.1) is 6.26 Å². The van der Waals surface area contributed by atoms with Gasteiger partial charge in [-0.2, -0.15) is 0 Å².